The molecule has 0 saturated heterocycles. The van der Waals surface area contributed by atoms with Crippen molar-refractivity contribution in [3.8, 4) is 0 Å². The van der Waals surface area contributed by atoms with Crippen molar-refractivity contribution in [1.29, 1.82) is 0 Å². The molecular formula is C19H28N2O3. The number of carbonyl (C=O) groups excluding carboxylic acids is 2. The van der Waals surface area contributed by atoms with E-state index in [0.717, 1.165) is 18.4 Å². The standard InChI is InChI=1S/C19H28N2O3/c1-12-6-5-7-15(10-12)19(3,4)11-20-18(24)16(13(2)22)21-17(23)14-8-9-14/h5-7,10,13-14,16,22H,8-9,11H2,1-4H3,(H,20,24)(H,21,23). The number of aliphatic hydroxyl groups is 1. The number of nitrogens with one attached hydrogen (secondary N) is 2. The fraction of sp³-hybridized carbons (Fsp3) is 0.579. The summed E-state index contributed by atoms with van der Waals surface area (Å²) in [5, 5.41) is 15.4. The van der Waals surface area contributed by atoms with Gasteiger partial charge in [0.25, 0.3) is 0 Å². The zero-order chi connectivity index (χ0) is 17.9. The van der Waals surface area contributed by atoms with E-state index in [2.05, 4.69) is 30.5 Å². The predicted octanol–water partition coefficient (Wildman–Crippen LogP) is 1.66. The van der Waals surface area contributed by atoms with Gasteiger partial charge in [0.15, 0.2) is 0 Å². The smallest absolute Gasteiger partial charge is 0.245 e. The Hall–Kier alpha value is -1.88. The summed E-state index contributed by atoms with van der Waals surface area (Å²) in [7, 11) is 0. The van der Waals surface area contributed by atoms with E-state index >= 15 is 0 Å². The highest BCUT2D eigenvalue weighted by molar-refractivity contribution is 5.89. The van der Waals surface area contributed by atoms with Crippen LogP contribution in [-0.2, 0) is 15.0 Å². The van der Waals surface area contributed by atoms with Crippen LogP contribution in [-0.4, -0.2) is 35.6 Å². The van der Waals surface area contributed by atoms with E-state index < -0.39 is 12.1 Å². The van der Waals surface area contributed by atoms with Gasteiger partial charge < -0.3 is 15.7 Å². The Morgan fingerprint density at radius 3 is 2.54 bits per heavy atom. The summed E-state index contributed by atoms with van der Waals surface area (Å²) in [6.45, 7) is 8.10. The normalized spacial score (nSPS) is 17.0. The molecule has 0 aromatic heterocycles. The van der Waals surface area contributed by atoms with Gasteiger partial charge in [-0.1, -0.05) is 43.7 Å². The molecule has 2 amide bonds. The van der Waals surface area contributed by atoms with Crippen LogP contribution in [0.5, 0.6) is 0 Å². The second-order valence-electron chi connectivity index (χ2n) is 7.47. The van der Waals surface area contributed by atoms with Crippen LogP contribution in [0.1, 0.15) is 44.7 Å². The molecule has 132 valence electrons. The fourth-order valence-electron chi connectivity index (χ4n) is 2.61. The lowest BCUT2D eigenvalue weighted by Gasteiger charge is -2.28. The van der Waals surface area contributed by atoms with Crippen LogP contribution in [0.3, 0.4) is 0 Å². The van der Waals surface area contributed by atoms with Crippen molar-refractivity contribution < 1.29 is 14.7 Å². The van der Waals surface area contributed by atoms with Crippen LogP contribution in [0, 0.1) is 12.8 Å². The van der Waals surface area contributed by atoms with E-state index in [1.54, 1.807) is 0 Å². The average molecular weight is 332 g/mol. The maximum Gasteiger partial charge on any atom is 0.245 e. The van der Waals surface area contributed by atoms with Crippen LogP contribution in [0.4, 0.5) is 0 Å². The molecule has 1 aliphatic rings. The van der Waals surface area contributed by atoms with Crippen molar-refractivity contribution in [1.82, 2.24) is 10.6 Å². The van der Waals surface area contributed by atoms with Gasteiger partial charge in [0.05, 0.1) is 6.10 Å². The summed E-state index contributed by atoms with van der Waals surface area (Å²) in [6, 6.07) is 7.27. The molecule has 1 aromatic rings. The Morgan fingerprint density at radius 2 is 2.00 bits per heavy atom. The second kappa shape index (κ2) is 7.34. The fourth-order valence-corrected chi connectivity index (χ4v) is 2.61. The molecule has 0 heterocycles. The number of carbonyl (C=O) groups is 2. The van der Waals surface area contributed by atoms with E-state index in [4.69, 9.17) is 0 Å². The molecule has 1 saturated carbocycles. The van der Waals surface area contributed by atoms with Crippen molar-refractivity contribution in [3.63, 3.8) is 0 Å². The first kappa shape index (κ1) is 18.5. The number of rotatable bonds is 7. The van der Waals surface area contributed by atoms with Crippen molar-refractivity contribution in [2.24, 2.45) is 5.92 Å². The Bertz CT molecular complexity index is 606. The quantitative estimate of drug-likeness (QED) is 0.711. The van der Waals surface area contributed by atoms with Crippen LogP contribution in [0.2, 0.25) is 0 Å². The Kier molecular flexibility index (Phi) is 5.65. The molecule has 5 heteroatoms. The monoisotopic (exact) mass is 332 g/mol. The number of amides is 2. The lowest BCUT2D eigenvalue weighted by atomic mass is 9.84. The molecule has 2 unspecified atom stereocenters. The molecule has 0 spiro atoms. The molecule has 1 aromatic carbocycles. The van der Waals surface area contributed by atoms with Gasteiger partial charge in [-0.2, -0.15) is 0 Å². The molecule has 5 nitrogen and oxygen atoms in total. The topological polar surface area (TPSA) is 78.4 Å². The first-order valence-corrected chi connectivity index (χ1v) is 8.54. The average Bonchev–Trinajstić information content (AvgIpc) is 3.34. The summed E-state index contributed by atoms with van der Waals surface area (Å²) in [4.78, 5) is 24.3. The molecule has 0 radical (unpaired) electrons. The van der Waals surface area contributed by atoms with Gasteiger partial charge in [-0.25, -0.2) is 0 Å². The Morgan fingerprint density at radius 1 is 1.33 bits per heavy atom. The predicted molar refractivity (Wildman–Crippen MR) is 93.6 cm³/mol. The van der Waals surface area contributed by atoms with E-state index in [9.17, 15) is 14.7 Å². The number of hydrogen-bond acceptors (Lipinski definition) is 3. The van der Waals surface area contributed by atoms with Gasteiger partial charge in [0, 0.05) is 17.9 Å². The highest BCUT2D eigenvalue weighted by atomic mass is 16.3. The largest absolute Gasteiger partial charge is 0.391 e. The third-order valence-corrected chi connectivity index (χ3v) is 4.51. The number of hydrogen-bond donors (Lipinski definition) is 3. The second-order valence-corrected chi connectivity index (χ2v) is 7.47. The third kappa shape index (κ3) is 4.81. The molecule has 2 rings (SSSR count). The van der Waals surface area contributed by atoms with Gasteiger partial charge in [0.1, 0.15) is 6.04 Å². The summed E-state index contributed by atoms with van der Waals surface area (Å²) in [5.74, 6) is -0.489. The minimum absolute atomic E-state index is 0.00258. The van der Waals surface area contributed by atoms with Crippen LogP contribution in [0.25, 0.3) is 0 Å². The van der Waals surface area contributed by atoms with E-state index in [0.29, 0.717) is 6.54 Å². The minimum atomic E-state index is -0.935. The van der Waals surface area contributed by atoms with Gasteiger partial charge >= 0.3 is 0 Å². The van der Waals surface area contributed by atoms with Crippen molar-refractivity contribution in [3.05, 3.63) is 35.4 Å². The summed E-state index contributed by atoms with van der Waals surface area (Å²) in [5.41, 5.74) is 2.06. The van der Waals surface area contributed by atoms with Crippen molar-refractivity contribution in [2.75, 3.05) is 6.54 Å². The van der Waals surface area contributed by atoms with Gasteiger partial charge in [-0.3, -0.25) is 9.59 Å². The molecular weight excluding hydrogens is 304 g/mol. The van der Waals surface area contributed by atoms with Crippen molar-refractivity contribution in [2.45, 2.75) is 58.1 Å². The number of benzene rings is 1. The Labute approximate surface area is 143 Å². The third-order valence-electron chi connectivity index (χ3n) is 4.51. The lowest BCUT2D eigenvalue weighted by Crippen LogP contribution is -2.54. The molecule has 0 bridgehead atoms. The lowest BCUT2D eigenvalue weighted by molar-refractivity contribution is -0.132. The molecule has 24 heavy (non-hydrogen) atoms. The Balaban J connectivity index is 1.97. The molecule has 1 fully saturated rings. The van der Waals surface area contributed by atoms with Gasteiger partial charge in [-0.15, -0.1) is 0 Å². The molecule has 2 atom stereocenters. The molecule has 1 aliphatic carbocycles. The first-order chi connectivity index (χ1) is 11.2. The summed E-state index contributed by atoms with van der Waals surface area (Å²) < 4.78 is 0. The first-order valence-electron chi connectivity index (χ1n) is 8.54. The zero-order valence-corrected chi connectivity index (χ0v) is 14.9. The SMILES string of the molecule is Cc1cccc(C(C)(C)CNC(=O)C(NC(=O)C2CC2)C(C)O)c1. The summed E-state index contributed by atoms with van der Waals surface area (Å²) in [6.07, 6.45) is 0.788. The van der Waals surface area contributed by atoms with Gasteiger partial charge in [0.2, 0.25) is 11.8 Å². The highest BCUT2D eigenvalue weighted by Crippen LogP contribution is 2.29. The highest BCUT2D eigenvalue weighted by Gasteiger charge is 2.34. The molecule has 0 aliphatic heterocycles. The van der Waals surface area contributed by atoms with Crippen molar-refractivity contribution >= 4 is 11.8 Å². The van der Waals surface area contributed by atoms with Crippen LogP contribution >= 0.6 is 0 Å². The van der Waals surface area contributed by atoms with E-state index in [-0.39, 0.29) is 23.1 Å². The van der Waals surface area contributed by atoms with E-state index in [1.165, 1.54) is 12.5 Å². The molecule has 3 N–H and O–H groups in total. The van der Waals surface area contributed by atoms with Crippen LogP contribution in [0.15, 0.2) is 24.3 Å². The number of aryl methyl sites for hydroxylation is 1. The van der Waals surface area contributed by atoms with Crippen LogP contribution < -0.4 is 10.6 Å². The van der Waals surface area contributed by atoms with E-state index in [1.807, 2.05) is 25.1 Å². The zero-order valence-electron chi connectivity index (χ0n) is 14.9. The maximum absolute atomic E-state index is 12.4. The summed E-state index contributed by atoms with van der Waals surface area (Å²) >= 11 is 0. The number of aliphatic hydroxyl groups excluding tert-OH is 1. The van der Waals surface area contributed by atoms with Gasteiger partial charge in [-0.05, 0) is 32.3 Å². The maximum atomic E-state index is 12.4. The minimum Gasteiger partial charge on any atom is -0.391 e.